The van der Waals surface area contributed by atoms with Crippen LogP contribution in [0.25, 0.3) is 0 Å². The molecule has 0 heterocycles. The number of hydrogen-bond donors (Lipinski definition) is 0. The molecule has 0 atom stereocenters. The lowest BCUT2D eigenvalue weighted by Gasteiger charge is -2.09. The standard InChI is InChI=1S/C13H17ClO2/c1-10-5-6-12(9-13(15)16-2)11(8-10)4-3-7-14/h5-6,8H,3-4,7,9H2,1-2H3. The number of carbonyl (C=O) groups excluding carboxylic acids is 1. The number of halogens is 1. The molecular weight excluding hydrogens is 224 g/mol. The Labute approximate surface area is 102 Å². The number of carbonyl (C=O) groups is 1. The van der Waals surface area contributed by atoms with E-state index in [0.717, 1.165) is 18.4 Å². The van der Waals surface area contributed by atoms with Crippen molar-refractivity contribution in [1.82, 2.24) is 0 Å². The SMILES string of the molecule is COC(=O)Cc1ccc(C)cc1CCCCl. The Bertz CT molecular complexity index is 361. The highest BCUT2D eigenvalue weighted by Gasteiger charge is 2.08. The van der Waals surface area contributed by atoms with E-state index in [1.807, 2.05) is 19.1 Å². The summed E-state index contributed by atoms with van der Waals surface area (Å²) in [5, 5.41) is 0. The second-order valence-electron chi connectivity index (χ2n) is 3.82. The fourth-order valence-electron chi connectivity index (χ4n) is 1.64. The van der Waals surface area contributed by atoms with Crippen LogP contribution in [0.15, 0.2) is 18.2 Å². The fraction of sp³-hybridized carbons (Fsp3) is 0.462. The smallest absolute Gasteiger partial charge is 0.309 e. The number of rotatable bonds is 5. The van der Waals surface area contributed by atoms with Gasteiger partial charge in [-0.3, -0.25) is 4.79 Å². The maximum absolute atomic E-state index is 11.2. The molecule has 0 saturated heterocycles. The van der Waals surface area contributed by atoms with Gasteiger partial charge in [0.2, 0.25) is 0 Å². The third kappa shape index (κ3) is 3.86. The van der Waals surface area contributed by atoms with Crippen molar-refractivity contribution in [2.24, 2.45) is 0 Å². The van der Waals surface area contributed by atoms with Gasteiger partial charge in [0, 0.05) is 5.88 Å². The lowest BCUT2D eigenvalue weighted by Crippen LogP contribution is -2.07. The number of methoxy groups -OCH3 is 1. The molecule has 16 heavy (non-hydrogen) atoms. The fourth-order valence-corrected chi connectivity index (χ4v) is 1.78. The van der Waals surface area contributed by atoms with Crippen LogP contribution in [0.2, 0.25) is 0 Å². The Morgan fingerprint density at radius 3 is 2.75 bits per heavy atom. The molecule has 1 aromatic carbocycles. The Morgan fingerprint density at radius 2 is 2.12 bits per heavy atom. The highest BCUT2D eigenvalue weighted by atomic mass is 35.5. The average Bonchev–Trinajstić information content (AvgIpc) is 2.29. The van der Waals surface area contributed by atoms with Crippen LogP contribution < -0.4 is 0 Å². The van der Waals surface area contributed by atoms with Gasteiger partial charge in [-0.05, 0) is 30.9 Å². The van der Waals surface area contributed by atoms with Gasteiger partial charge < -0.3 is 4.74 Å². The summed E-state index contributed by atoms with van der Waals surface area (Å²) in [7, 11) is 1.41. The topological polar surface area (TPSA) is 26.3 Å². The summed E-state index contributed by atoms with van der Waals surface area (Å²) < 4.78 is 4.68. The number of hydrogen-bond acceptors (Lipinski definition) is 2. The third-order valence-electron chi connectivity index (χ3n) is 2.50. The van der Waals surface area contributed by atoms with Crippen molar-refractivity contribution in [2.45, 2.75) is 26.2 Å². The zero-order valence-corrected chi connectivity index (χ0v) is 10.5. The van der Waals surface area contributed by atoms with Crippen LogP contribution in [0.5, 0.6) is 0 Å². The number of benzene rings is 1. The summed E-state index contributed by atoms with van der Waals surface area (Å²) in [5.41, 5.74) is 3.45. The third-order valence-corrected chi connectivity index (χ3v) is 2.77. The van der Waals surface area contributed by atoms with Crippen LogP contribution in [-0.4, -0.2) is 19.0 Å². The summed E-state index contributed by atoms with van der Waals surface area (Å²) in [5.74, 6) is 0.446. The summed E-state index contributed by atoms with van der Waals surface area (Å²) in [6.45, 7) is 2.05. The first kappa shape index (κ1) is 13.0. The molecule has 0 aliphatic rings. The number of alkyl halides is 1. The zero-order chi connectivity index (χ0) is 12.0. The van der Waals surface area contributed by atoms with Crippen LogP contribution in [0.3, 0.4) is 0 Å². The predicted octanol–water partition coefficient (Wildman–Crippen LogP) is 2.88. The quantitative estimate of drug-likeness (QED) is 0.584. The minimum absolute atomic E-state index is 0.198. The summed E-state index contributed by atoms with van der Waals surface area (Å²) >= 11 is 5.68. The molecule has 0 spiro atoms. The van der Waals surface area contributed by atoms with Crippen LogP contribution in [0.4, 0.5) is 0 Å². The van der Waals surface area contributed by atoms with Gasteiger partial charge in [-0.25, -0.2) is 0 Å². The van der Waals surface area contributed by atoms with Crippen molar-refractivity contribution in [3.63, 3.8) is 0 Å². The van der Waals surface area contributed by atoms with Gasteiger partial charge in [0.1, 0.15) is 0 Å². The molecule has 88 valence electrons. The lowest BCUT2D eigenvalue weighted by molar-refractivity contribution is -0.139. The first-order valence-corrected chi connectivity index (χ1v) is 5.92. The van der Waals surface area contributed by atoms with E-state index < -0.39 is 0 Å². The normalized spacial score (nSPS) is 10.2. The number of ether oxygens (including phenoxy) is 1. The van der Waals surface area contributed by atoms with Crippen molar-refractivity contribution in [3.05, 3.63) is 34.9 Å². The number of esters is 1. The Hall–Kier alpha value is -1.02. The Balaban J connectivity index is 2.84. The van der Waals surface area contributed by atoms with E-state index in [1.165, 1.54) is 18.2 Å². The van der Waals surface area contributed by atoms with Gasteiger partial charge in [0.25, 0.3) is 0 Å². The molecule has 0 fully saturated rings. The minimum atomic E-state index is -0.198. The predicted molar refractivity (Wildman–Crippen MR) is 65.9 cm³/mol. The first-order valence-electron chi connectivity index (χ1n) is 5.38. The monoisotopic (exact) mass is 240 g/mol. The Morgan fingerprint density at radius 1 is 1.38 bits per heavy atom. The van der Waals surface area contributed by atoms with Crippen molar-refractivity contribution >= 4 is 17.6 Å². The molecular formula is C13H17ClO2. The van der Waals surface area contributed by atoms with E-state index in [0.29, 0.717) is 12.3 Å². The molecule has 0 aliphatic carbocycles. The molecule has 1 rings (SSSR count). The average molecular weight is 241 g/mol. The molecule has 0 unspecified atom stereocenters. The van der Waals surface area contributed by atoms with Crippen molar-refractivity contribution in [3.8, 4) is 0 Å². The molecule has 0 bridgehead atoms. The molecule has 0 amide bonds. The maximum Gasteiger partial charge on any atom is 0.309 e. The van der Waals surface area contributed by atoms with Crippen LogP contribution in [-0.2, 0) is 22.4 Å². The molecule has 1 aromatic rings. The highest BCUT2D eigenvalue weighted by Crippen LogP contribution is 2.15. The van der Waals surface area contributed by atoms with Crippen LogP contribution in [0.1, 0.15) is 23.1 Å². The summed E-state index contributed by atoms with van der Waals surface area (Å²) in [6, 6.07) is 6.13. The van der Waals surface area contributed by atoms with Gasteiger partial charge in [0.15, 0.2) is 0 Å². The Kier molecular flexibility index (Phi) is 5.33. The van der Waals surface area contributed by atoms with E-state index in [9.17, 15) is 4.79 Å². The largest absolute Gasteiger partial charge is 0.469 e. The second-order valence-corrected chi connectivity index (χ2v) is 4.20. The molecule has 0 saturated carbocycles. The van der Waals surface area contributed by atoms with Gasteiger partial charge in [-0.2, -0.15) is 0 Å². The van der Waals surface area contributed by atoms with Gasteiger partial charge in [-0.1, -0.05) is 23.8 Å². The second kappa shape index (κ2) is 6.54. The molecule has 0 aliphatic heterocycles. The van der Waals surface area contributed by atoms with E-state index in [4.69, 9.17) is 11.6 Å². The van der Waals surface area contributed by atoms with Crippen LogP contribution in [0, 0.1) is 6.92 Å². The first-order chi connectivity index (χ1) is 7.67. The maximum atomic E-state index is 11.2. The van der Waals surface area contributed by atoms with Gasteiger partial charge >= 0.3 is 5.97 Å². The number of aryl methyl sites for hydroxylation is 2. The molecule has 0 aromatic heterocycles. The molecule has 0 radical (unpaired) electrons. The zero-order valence-electron chi connectivity index (χ0n) is 9.75. The van der Waals surface area contributed by atoms with E-state index in [2.05, 4.69) is 10.8 Å². The van der Waals surface area contributed by atoms with E-state index in [1.54, 1.807) is 0 Å². The van der Waals surface area contributed by atoms with Gasteiger partial charge in [-0.15, -0.1) is 11.6 Å². The van der Waals surface area contributed by atoms with Crippen molar-refractivity contribution < 1.29 is 9.53 Å². The molecule has 0 N–H and O–H groups in total. The summed E-state index contributed by atoms with van der Waals surface area (Å²) in [6.07, 6.45) is 2.19. The summed E-state index contributed by atoms with van der Waals surface area (Å²) in [4.78, 5) is 11.2. The molecule has 3 heteroatoms. The van der Waals surface area contributed by atoms with Gasteiger partial charge in [0.05, 0.1) is 13.5 Å². The van der Waals surface area contributed by atoms with Crippen molar-refractivity contribution in [1.29, 1.82) is 0 Å². The molecule has 2 nitrogen and oxygen atoms in total. The lowest BCUT2D eigenvalue weighted by atomic mass is 9.98. The van der Waals surface area contributed by atoms with E-state index >= 15 is 0 Å². The highest BCUT2D eigenvalue weighted by molar-refractivity contribution is 6.17. The minimum Gasteiger partial charge on any atom is -0.469 e. The van der Waals surface area contributed by atoms with Crippen molar-refractivity contribution in [2.75, 3.05) is 13.0 Å². The van der Waals surface area contributed by atoms with E-state index in [-0.39, 0.29) is 5.97 Å². The van der Waals surface area contributed by atoms with Crippen LogP contribution >= 0.6 is 11.6 Å².